The number of halogens is 2. The van der Waals surface area contributed by atoms with Gasteiger partial charge in [0.25, 0.3) is 5.91 Å². The van der Waals surface area contributed by atoms with E-state index in [2.05, 4.69) is 0 Å². The summed E-state index contributed by atoms with van der Waals surface area (Å²) in [5.74, 6) is -0.865. The summed E-state index contributed by atoms with van der Waals surface area (Å²) in [7, 11) is 1.37. The van der Waals surface area contributed by atoms with E-state index in [1.807, 2.05) is 0 Å². The van der Waals surface area contributed by atoms with Crippen molar-refractivity contribution in [2.45, 2.75) is 0 Å². The molecule has 24 heavy (non-hydrogen) atoms. The van der Waals surface area contributed by atoms with Crippen molar-refractivity contribution in [2.75, 3.05) is 13.7 Å². The largest absolute Gasteiger partial charge is 0.493 e. The van der Waals surface area contributed by atoms with E-state index in [1.165, 1.54) is 19.2 Å². The number of primary amides is 1. The molecular formula is C16H13Cl2NO5. The third kappa shape index (κ3) is 4.31. The molecule has 0 saturated heterocycles. The lowest BCUT2D eigenvalue weighted by molar-refractivity contribution is -0.119. The van der Waals surface area contributed by atoms with Gasteiger partial charge in [0.2, 0.25) is 0 Å². The van der Waals surface area contributed by atoms with E-state index < -0.39 is 11.9 Å². The molecule has 0 heterocycles. The SMILES string of the molecule is COc1cc(C(=O)Oc2ccccc2Cl)cc(Cl)c1OCC(N)=O. The van der Waals surface area contributed by atoms with Crippen LogP contribution in [0.1, 0.15) is 10.4 Å². The molecule has 0 unspecified atom stereocenters. The quantitative estimate of drug-likeness (QED) is 0.624. The fourth-order valence-corrected chi connectivity index (χ4v) is 2.25. The van der Waals surface area contributed by atoms with Crippen LogP contribution in [0, 0.1) is 0 Å². The van der Waals surface area contributed by atoms with Gasteiger partial charge in [0.05, 0.1) is 22.7 Å². The molecule has 0 saturated carbocycles. The van der Waals surface area contributed by atoms with Crippen molar-refractivity contribution in [3.8, 4) is 17.2 Å². The molecule has 2 aromatic rings. The fraction of sp³-hybridized carbons (Fsp3) is 0.125. The van der Waals surface area contributed by atoms with Crippen LogP contribution < -0.4 is 19.9 Å². The molecule has 0 aliphatic carbocycles. The van der Waals surface area contributed by atoms with Crippen LogP contribution in [0.5, 0.6) is 17.2 Å². The van der Waals surface area contributed by atoms with Crippen molar-refractivity contribution in [1.82, 2.24) is 0 Å². The Morgan fingerprint density at radius 1 is 1.08 bits per heavy atom. The Kier molecular flexibility index (Phi) is 5.89. The van der Waals surface area contributed by atoms with Crippen molar-refractivity contribution in [3.05, 3.63) is 52.0 Å². The topological polar surface area (TPSA) is 87.8 Å². The van der Waals surface area contributed by atoms with Crippen LogP contribution in [-0.4, -0.2) is 25.6 Å². The zero-order valence-electron chi connectivity index (χ0n) is 12.5. The van der Waals surface area contributed by atoms with Gasteiger partial charge in [-0.25, -0.2) is 4.79 Å². The number of methoxy groups -OCH3 is 1. The molecule has 126 valence electrons. The van der Waals surface area contributed by atoms with Gasteiger partial charge >= 0.3 is 5.97 Å². The maximum Gasteiger partial charge on any atom is 0.343 e. The Bertz CT molecular complexity index is 779. The van der Waals surface area contributed by atoms with Gasteiger partial charge in [0.1, 0.15) is 5.75 Å². The number of para-hydroxylation sites is 1. The molecule has 0 spiro atoms. The average Bonchev–Trinajstić information content (AvgIpc) is 2.54. The molecule has 0 radical (unpaired) electrons. The molecular weight excluding hydrogens is 357 g/mol. The number of rotatable bonds is 6. The Balaban J connectivity index is 2.27. The summed E-state index contributed by atoms with van der Waals surface area (Å²) in [5.41, 5.74) is 5.15. The minimum Gasteiger partial charge on any atom is -0.493 e. The maximum absolute atomic E-state index is 12.3. The lowest BCUT2D eigenvalue weighted by atomic mass is 10.2. The number of benzene rings is 2. The lowest BCUT2D eigenvalue weighted by Crippen LogP contribution is -2.20. The lowest BCUT2D eigenvalue weighted by Gasteiger charge is -2.13. The molecule has 0 aliphatic rings. The van der Waals surface area contributed by atoms with Gasteiger partial charge in [-0.05, 0) is 24.3 Å². The van der Waals surface area contributed by atoms with E-state index >= 15 is 0 Å². The van der Waals surface area contributed by atoms with Gasteiger partial charge in [0, 0.05) is 0 Å². The highest BCUT2D eigenvalue weighted by Crippen LogP contribution is 2.37. The number of carbonyl (C=O) groups is 2. The minimum absolute atomic E-state index is 0.0710. The van der Waals surface area contributed by atoms with Gasteiger partial charge in [-0.15, -0.1) is 0 Å². The summed E-state index contributed by atoms with van der Waals surface area (Å²) in [4.78, 5) is 23.1. The number of nitrogens with two attached hydrogens (primary N) is 1. The van der Waals surface area contributed by atoms with Crippen LogP contribution in [0.15, 0.2) is 36.4 Å². The Morgan fingerprint density at radius 2 is 1.79 bits per heavy atom. The smallest absolute Gasteiger partial charge is 0.343 e. The molecule has 2 rings (SSSR count). The molecule has 1 amide bonds. The van der Waals surface area contributed by atoms with E-state index in [4.69, 9.17) is 43.1 Å². The normalized spacial score (nSPS) is 10.1. The highest BCUT2D eigenvalue weighted by Gasteiger charge is 2.18. The maximum atomic E-state index is 12.3. The Labute approximate surface area is 148 Å². The first-order valence-corrected chi connectivity index (χ1v) is 7.43. The van der Waals surface area contributed by atoms with Gasteiger partial charge in [0.15, 0.2) is 18.1 Å². The van der Waals surface area contributed by atoms with Crippen molar-refractivity contribution in [3.63, 3.8) is 0 Å². The van der Waals surface area contributed by atoms with Gasteiger partial charge in [-0.2, -0.15) is 0 Å². The summed E-state index contributed by atoms with van der Waals surface area (Å²) in [5, 5.41) is 0.368. The fourth-order valence-electron chi connectivity index (χ4n) is 1.81. The van der Waals surface area contributed by atoms with Gasteiger partial charge < -0.3 is 19.9 Å². The first-order chi connectivity index (χ1) is 11.4. The van der Waals surface area contributed by atoms with Crippen LogP contribution in [-0.2, 0) is 4.79 Å². The van der Waals surface area contributed by atoms with Gasteiger partial charge in [-0.3, -0.25) is 4.79 Å². The zero-order chi connectivity index (χ0) is 17.7. The molecule has 8 heteroatoms. The number of amides is 1. The second-order valence-corrected chi connectivity index (χ2v) is 5.38. The highest BCUT2D eigenvalue weighted by atomic mass is 35.5. The molecule has 0 atom stereocenters. The van der Waals surface area contributed by atoms with E-state index in [1.54, 1.807) is 24.3 Å². The zero-order valence-corrected chi connectivity index (χ0v) is 14.1. The second kappa shape index (κ2) is 7.90. The number of hydrogen-bond donors (Lipinski definition) is 1. The molecule has 0 aliphatic heterocycles. The molecule has 2 aromatic carbocycles. The van der Waals surface area contributed by atoms with Crippen molar-refractivity contribution >= 4 is 35.1 Å². The van der Waals surface area contributed by atoms with Crippen LogP contribution >= 0.6 is 23.2 Å². The first kappa shape index (κ1) is 17.9. The average molecular weight is 370 g/mol. The summed E-state index contributed by atoms with van der Waals surface area (Å²) < 4.78 is 15.5. The Hall–Kier alpha value is -2.44. The van der Waals surface area contributed by atoms with Crippen LogP contribution in [0.2, 0.25) is 10.0 Å². The van der Waals surface area contributed by atoms with E-state index in [9.17, 15) is 9.59 Å². The summed E-state index contributed by atoms with van der Waals surface area (Å²) in [6.07, 6.45) is 0. The molecule has 0 bridgehead atoms. The number of carbonyl (C=O) groups excluding carboxylic acids is 2. The molecule has 0 aromatic heterocycles. The van der Waals surface area contributed by atoms with Crippen molar-refractivity contribution in [2.24, 2.45) is 5.73 Å². The second-order valence-electron chi connectivity index (χ2n) is 4.56. The van der Waals surface area contributed by atoms with Crippen LogP contribution in [0.25, 0.3) is 0 Å². The van der Waals surface area contributed by atoms with E-state index in [0.717, 1.165) is 0 Å². The molecule has 6 nitrogen and oxygen atoms in total. The van der Waals surface area contributed by atoms with Crippen LogP contribution in [0.3, 0.4) is 0 Å². The third-order valence-corrected chi connectivity index (χ3v) is 3.46. The minimum atomic E-state index is -0.676. The first-order valence-electron chi connectivity index (χ1n) is 6.67. The van der Waals surface area contributed by atoms with E-state index in [0.29, 0.717) is 5.02 Å². The summed E-state index contributed by atoms with van der Waals surface area (Å²) in [6.45, 7) is -0.375. The Morgan fingerprint density at radius 3 is 2.42 bits per heavy atom. The summed E-state index contributed by atoms with van der Waals surface area (Å²) in [6, 6.07) is 9.26. The van der Waals surface area contributed by atoms with Crippen molar-refractivity contribution < 1.29 is 23.8 Å². The predicted molar refractivity (Wildman–Crippen MR) is 89.1 cm³/mol. The molecule has 2 N–H and O–H groups in total. The number of ether oxygens (including phenoxy) is 3. The third-order valence-electron chi connectivity index (χ3n) is 2.86. The highest BCUT2D eigenvalue weighted by molar-refractivity contribution is 6.33. The van der Waals surface area contributed by atoms with E-state index in [-0.39, 0.29) is 34.4 Å². The number of hydrogen-bond acceptors (Lipinski definition) is 5. The summed E-state index contributed by atoms with van der Waals surface area (Å²) >= 11 is 12.0. The predicted octanol–water partition coefficient (Wildman–Crippen LogP) is 3.09. The van der Waals surface area contributed by atoms with Crippen LogP contribution in [0.4, 0.5) is 0 Å². The standard InChI is InChI=1S/C16H13Cl2NO5/c1-22-13-7-9(6-11(18)15(13)23-8-14(19)20)16(21)24-12-5-3-2-4-10(12)17/h2-7H,8H2,1H3,(H2,19,20). The van der Waals surface area contributed by atoms with Crippen molar-refractivity contribution in [1.29, 1.82) is 0 Å². The molecule has 0 fully saturated rings. The van der Waals surface area contributed by atoms with Gasteiger partial charge in [-0.1, -0.05) is 35.3 Å². The monoisotopic (exact) mass is 369 g/mol. The number of esters is 1.